The molecule has 0 saturated heterocycles. The molecular weight excluding hydrogens is 418 g/mol. The number of hydrogen-bond acceptors (Lipinski definition) is 3. The van der Waals surface area contributed by atoms with E-state index >= 15 is 0 Å². The minimum Gasteiger partial charge on any atom is -0.505 e. The van der Waals surface area contributed by atoms with Crippen molar-refractivity contribution in [2.45, 2.75) is 77.6 Å². The number of rotatable bonds is 13. The second-order valence-corrected chi connectivity index (χ2v) is 9.28. The van der Waals surface area contributed by atoms with E-state index < -0.39 is 0 Å². The molecule has 0 aliphatic rings. The Morgan fingerprint density at radius 2 is 1.21 bits per heavy atom. The van der Waals surface area contributed by atoms with Crippen molar-refractivity contribution in [2.24, 2.45) is 0 Å². The van der Waals surface area contributed by atoms with Crippen LogP contribution < -0.4 is 0 Å². The molecule has 1 N–H and O–H groups in total. The second-order valence-electron chi connectivity index (χ2n) is 9.28. The van der Waals surface area contributed by atoms with Crippen molar-refractivity contribution in [3.8, 4) is 22.6 Å². The third-order valence-corrected chi connectivity index (χ3v) is 6.58. The van der Waals surface area contributed by atoms with Gasteiger partial charge in [-0.25, -0.2) is 0 Å². The van der Waals surface area contributed by atoms with Crippen LogP contribution in [0.3, 0.4) is 0 Å². The largest absolute Gasteiger partial charge is 0.505 e. The maximum absolute atomic E-state index is 11.2. The Morgan fingerprint density at radius 1 is 0.647 bits per heavy atom. The van der Waals surface area contributed by atoms with Crippen LogP contribution in [0.25, 0.3) is 27.8 Å². The minimum absolute atomic E-state index is 0.288. The van der Waals surface area contributed by atoms with Crippen molar-refractivity contribution in [1.82, 2.24) is 15.0 Å². The first-order valence-corrected chi connectivity index (χ1v) is 13.0. The summed E-state index contributed by atoms with van der Waals surface area (Å²) >= 11 is 0. The number of aryl methyl sites for hydroxylation is 1. The summed E-state index contributed by atoms with van der Waals surface area (Å²) in [5.41, 5.74) is 5.46. The molecule has 0 atom stereocenters. The quantitative estimate of drug-likeness (QED) is 0.206. The zero-order chi connectivity index (χ0) is 23.6. The number of fused-ring (bicyclic) bond motifs is 1. The summed E-state index contributed by atoms with van der Waals surface area (Å²) in [5.74, 6) is 0.288. The highest BCUT2D eigenvalue weighted by Gasteiger charge is 2.15. The maximum atomic E-state index is 11.2. The molecule has 0 fully saturated rings. The third-order valence-electron chi connectivity index (χ3n) is 6.58. The normalized spacial score (nSPS) is 11.3. The van der Waals surface area contributed by atoms with Crippen LogP contribution in [0.4, 0.5) is 0 Å². The number of benzene rings is 3. The van der Waals surface area contributed by atoms with Gasteiger partial charge in [0.25, 0.3) is 0 Å². The summed E-state index contributed by atoms with van der Waals surface area (Å²) in [6.45, 7) is 2.27. The van der Waals surface area contributed by atoms with E-state index in [1.807, 2.05) is 48.5 Å². The van der Waals surface area contributed by atoms with Crippen molar-refractivity contribution >= 4 is 11.0 Å². The molecule has 178 valence electrons. The zero-order valence-electron chi connectivity index (χ0n) is 20.4. The molecule has 0 radical (unpaired) electrons. The van der Waals surface area contributed by atoms with Crippen LogP contribution >= 0.6 is 0 Å². The van der Waals surface area contributed by atoms with Gasteiger partial charge in [-0.3, -0.25) is 0 Å². The molecule has 4 heteroatoms. The van der Waals surface area contributed by atoms with Gasteiger partial charge >= 0.3 is 0 Å². The Morgan fingerprint density at radius 3 is 1.82 bits per heavy atom. The van der Waals surface area contributed by atoms with Crippen molar-refractivity contribution in [3.05, 3.63) is 72.3 Å². The molecule has 1 aromatic heterocycles. The predicted molar refractivity (Wildman–Crippen MR) is 142 cm³/mol. The number of phenolic OH excluding ortho intramolecular Hbond substituents is 1. The van der Waals surface area contributed by atoms with Crippen molar-refractivity contribution in [1.29, 1.82) is 0 Å². The summed E-state index contributed by atoms with van der Waals surface area (Å²) in [6, 6.07) is 22.3. The zero-order valence-corrected chi connectivity index (χ0v) is 20.4. The third kappa shape index (κ3) is 6.25. The first-order chi connectivity index (χ1) is 16.8. The highest BCUT2D eigenvalue weighted by Crippen LogP contribution is 2.33. The summed E-state index contributed by atoms with van der Waals surface area (Å²) in [6.07, 6.45) is 13.9. The fourth-order valence-corrected chi connectivity index (χ4v) is 4.59. The fraction of sp³-hybridized carbons (Fsp3) is 0.400. The summed E-state index contributed by atoms with van der Waals surface area (Å²) in [7, 11) is 0. The van der Waals surface area contributed by atoms with Crippen molar-refractivity contribution < 1.29 is 5.11 Å². The molecule has 0 aliphatic carbocycles. The van der Waals surface area contributed by atoms with E-state index in [0.717, 1.165) is 40.6 Å². The number of hydrogen-bond donors (Lipinski definition) is 1. The first-order valence-electron chi connectivity index (χ1n) is 13.0. The number of phenols is 1. The van der Waals surface area contributed by atoms with Crippen LogP contribution in [0, 0.1) is 0 Å². The van der Waals surface area contributed by atoms with E-state index in [1.54, 1.807) is 4.80 Å². The molecule has 0 unspecified atom stereocenters. The summed E-state index contributed by atoms with van der Waals surface area (Å²) in [5, 5.41) is 20.4. The van der Waals surface area contributed by atoms with E-state index in [9.17, 15) is 5.11 Å². The van der Waals surface area contributed by atoms with E-state index in [0.29, 0.717) is 5.69 Å². The Bertz CT molecular complexity index is 1130. The van der Waals surface area contributed by atoms with Gasteiger partial charge < -0.3 is 5.11 Å². The Kier molecular flexibility index (Phi) is 8.72. The second kappa shape index (κ2) is 12.4. The van der Waals surface area contributed by atoms with E-state index in [2.05, 4.69) is 35.3 Å². The molecule has 0 amide bonds. The van der Waals surface area contributed by atoms with Gasteiger partial charge in [-0.15, -0.1) is 15.0 Å². The predicted octanol–water partition coefficient (Wildman–Crippen LogP) is 8.26. The highest BCUT2D eigenvalue weighted by molar-refractivity contribution is 5.75. The molecule has 4 nitrogen and oxygen atoms in total. The van der Waals surface area contributed by atoms with Crippen LogP contribution in [-0.2, 0) is 6.42 Å². The lowest BCUT2D eigenvalue weighted by Crippen LogP contribution is -2.02. The molecule has 0 saturated carbocycles. The average Bonchev–Trinajstić information content (AvgIpc) is 3.30. The van der Waals surface area contributed by atoms with E-state index in [4.69, 9.17) is 0 Å². The molecular formula is C30H37N3O. The van der Waals surface area contributed by atoms with Crippen LogP contribution in [-0.4, -0.2) is 20.1 Å². The van der Waals surface area contributed by atoms with Crippen molar-refractivity contribution in [2.75, 3.05) is 0 Å². The maximum Gasteiger partial charge on any atom is 0.146 e. The minimum atomic E-state index is 0.288. The topological polar surface area (TPSA) is 50.9 Å². The van der Waals surface area contributed by atoms with Gasteiger partial charge in [0, 0.05) is 0 Å². The number of aromatic nitrogens is 3. The lowest BCUT2D eigenvalue weighted by Gasteiger charge is -2.13. The number of nitrogens with zero attached hydrogens (tertiary/aromatic N) is 3. The van der Waals surface area contributed by atoms with Gasteiger partial charge in [-0.1, -0.05) is 107 Å². The lowest BCUT2D eigenvalue weighted by molar-refractivity contribution is 0.458. The van der Waals surface area contributed by atoms with Gasteiger partial charge in [0.1, 0.15) is 22.5 Å². The Hall–Kier alpha value is -3.14. The Labute approximate surface area is 203 Å². The van der Waals surface area contributed by atoms with Crippen LogP contribution in [0.2, 0.25) is 0 Å². The molecule has 3 aromatic carbocycles. The molecule has 4 aromatic rings. The SMILES string of the molecule is CCCCCCCCCCCCc1cc(-c2ccccc2)cc(-n2nc3ccccc3n2)c1O. The van der Waals surface area contributed by atoms with Crippen LogP contribution in [0.5, 0.6) is 5.75 Å². The first kappa shape index (κ1) is 24.0. The Balaban J connectivity index is 1.45. The van der Waals surface area contributed by atoms with Gasteiger partial charge in [0.2, 0.25) is 0 Å². The van der Waals surface area contributed by atoms with Crippen molar-refractivity contribution in [3.63, 3.8) is 0 Å². The fourth-order valence-electron chi connectivity index (χ4n) is 4.59. The smallest absolute Gasteiger partial charge is 0.146 e. The van der Waals surface area contributed by atoms with Gasteiger partial charge in [-0.05, 0) is 53.8 Å². The highest BCUT2D eigenvalue weighted by atomic mass is 16.3. The van der Waals surface area contributed by atoms with Gasteiger partial charge in [-0.2, -0.15) is 0 Å². The monoisotopic (exact) mass is 455 g/mol. The van der Waals surface area contributed by atoms with E-state index in [1.165, 1.54) is 57.8 Å². The number of unbranched alkanes of at least 4 members (excludes halogenated alkanes) is 9. The standard InChI is InChI=1S/C30H37N3O/c1-2-3-4-5-6-7-8-9-10-12-19-25-22-26(24-17-13-11-14-18-24)23-29(30(25)34)33-31-27-20-15-16-21-28(27)32-33/h11,13-18,20-23,34H,2-10,12,19H2,1H3. The van der Waals surface area contributed by atoms with Crippen LogP contribution in [0.15, 0.2) is 66.7 Å². The lowest BCUT2D eigenvalue weighted by atomic mass is 9.97. The van der Waals surface area contributed by atoms with Crippen LogP contribution in [0.1, 0.15) is 76.7 Å². The molecule has 0 aliphatic heterocycles. The summed E-state index contributed by atoms with van der Waals surface area (Å²) < 4.78 is 0. The van der Waals surface area contributed by atoms with Gasteiger partial charge in [0.05, 0.1) is 0 Å². The molecule has 0 spiro atoms. The molecule has 0 bridgehead atoms. The molecule has 4 rings (SSSR count). The average molecular weight is 456 g/mol. The molecule has 34 heavy (non-hydrogen) atoms. The van der Waals surface area contributed by atoms with Gasteiger partial charge in [0.15, 0.2) is 0 Å². The van der Waals surface area contributed by atoms with E-state index in [-0.39, 0.29) is 5.75 Å². The number of aromatic hydroxyl groups is 1. The summed E-state index contributed by atoms with van der Waals surface area (Å²) in [4.78, 5) is 1.58. The molecule has 1 heterocycles.